The molecule has 0 aliphatic rings. The van der Waals surface area contributed by atoms with Crippen molar-refractivity contribution in [2.24, 2.45) is 0 Å². The van der Waals surface area contributed by atoms with Crippen LogP contribution in [0.3, 0.4) is 0 Å². The quantitative estimate of drug-likeness (QED) is 0.523. The molecule has 0 atom stereocenters. The van der Waals surface area contributed by atoms with Crippen molar-refractivity contribution in [3.8, 4) is 5.88 Å². The lowest BCUT2D eigenvalue weighted by Crippen LogP contribution is -2.28. The summed E-state index contributed by atoms with van der Waals surface area (Å²) in [5, 5.41) is 20.6. The number of nitrogen functional groups attached to an aromatic ring is 1. The van der Waals surface area contributed by atoms with Gasteiger partial charge in [-0.05, 0) is 12.1 Å². The monoisotopic (exact) mass is 213 g/mol. The van der Waals surface area contributed by atoms with Crippen molar-refractivity contribution in [3.05, 3.63) is 12.1 Å². The van der Waals surface area contributed by atoms with Crippen LogP contribution in [0.25, 0.3) is 0 Å². The number of nitrogens with two attached hydrogens (primary N) is 1. The fourth-order valence-electron chi connectivity index (χ4n) is 1.05. The van der Waals surface area contributed by atoms with E-state index in [0.29, 0.717) is 17.4 Å². The highest BCUT2D eigenvalue weighted by Gasteiger charge is 2.08. The molecule has 84 valence electrons. The number of nitrogens with one attached hydrogen (secondary N) is 1. The number of methoxy groups -OCH3 is 1. The first kappa shape index (κ1) is 11.5. The van der Waals surface area contributed by atoms with Gasteiger partial charge in [0.05, 0.1) is 32.1 Å². The van der Waals surface area contributed by atoms with Gasteiger partial charge in [-0.15, -0.1) is 0 Å². The van der Waals surface area contributed by atoms with Crippen molar-refractivity contribution in [2.75, 3.05) is 31.4 Å². The number of aliphatic hydroxyl groups excluding tert-OH is 2. The number of pyridine rings is 1. The third kappa shape index (κ3) is 2.97. The lowest BCUT2D eigenvalue weighted by Gasteiger charge is -2.14. The minimum absolute atomic E-state index is 0.176. The molecule has 0 radical (unpaired) electrons. The Morgan fingerprint density at radius 1 is 1.47 bits per heavy atom. The molecule has 0 spiro atoms. The van der Waals surface area contributed by atoms with Crippen LogP contribution in [-0.4, -0.2) is 41.6 Å². The highest BCUT2D eigenvalue weighted by Crippen LogP contribution is 2.20. The molecule has 0 bridgehead atoms. The molecule has 1 aromatic rings. The lowest BCUT2D eigenvalue weighted by molar-refractivity contribution is 0.203. The molecular weight excluding hydrogens is 198 g/mol. The van der Waals surface area contributed by atoms with E-state index >= 15 is 0 Å². The van der Waals surface area contributed by atoms with Crippen LogP contribution in [0.4, 0.5) is 11.5 Å². The predicted molar refractivity (Wildman–Crippen MR) is 56.8 cm³/mol. The van der Waals surface area contributed by atoms with Crippen LogP contribution < -0.4 is 15.8 Å². The van der Waals surface area contributed by atoms with Gasteiger partial charge in [-0.3, -0.25) is 0 Å². The summed E-state index contributed by atoms with van der Waals surface area (Å²) < 4.78 is 4.93. The second kappa shape index (κ2) is 5.38. The number of hydrogen-bond acceptors (Lipinski definition) is 6. The molecule has 0 fully saturated rings. The number of aromatic nitrogens is 1. The van der Waals surface area contributed by atoms with E-state index in [-0.39, 0.29) is 13.2 Å². The Bertz CT molecular complexity index is 315. The molecule has 1 aromatic heterocycles. The molecule has 6 heteroatoms. The van der Waals surface area contributed by atoms with Crippen LogP contribution in [0.15, 0.2) is 12.1 Å². The molecule has 0 saturated heterocycles. The third-order valence-corrected chi connectivity index (χ3v) is 1.88. The van der Waals surface area contributed by atoms with Crippen molar-refractivity contribution in [1.82, 2.24) is 4.98 Å². The summed E-state index contributed by atoms with van der Waals surface area (Å²) in [6.07, 6.45) is 0. The molecule has 6 nitrogen and oxygen atoms in total. The smallest absolute Gasteiger partial charge is 0.238 e. The van der Waals surface area contributed by atoms with Crippen LogP contribution in [0.5, 0.6) is 5.88 Å². The summed E-state index contributed by atoms with van der Waals surface area (Å²) >= 11 is 0. The zero-order chi connectivity index (χ0) is 11.3. The average molecular weight is 213 g/mol. The number of anilines is 2. The molecule has 0 saturated carbocycles. The maximum atomic E-state index is 8.86. The van der Waals surface area contributed by atoms with Crippen molar-refractivity contribution in [2.45, 2.75) is 6.04 Å². The van der Waals surface area contributed by atoms with Gasteiger partial charge in [0.1, 0.15) is 5.82 Å². The van der Waals surface area contributed by atoms with E-state index in [4.69, 9.17) is 20.7 Å². The Morgan fingerprint density at radius 2 is 2.13 bits per heavy atom. The topological polar surface area (TPSA) is 101 Å². The zero-order valence-corrected chi connectivity index (χ0v) is 8.47. The fraction of sp³-hybridized carbons (Fsp3) is 0.444. The van der Waals surface area contributed by atoms with Crippen LogP contribution in [0.2, 0.25) is 0 Å². The van der Waals surface area contributed by atoms with E-state index in [2.05, 4.69) is 10.3 Å². The molecule has 0 aliphatic carbocycles. The van der Waals surface area contributed by atoms with Crippen molar-refractivity contribution >= 4 is 11.5 Å². The number of rotatable bonds is 5. The molecule has 0 amide bonds. The normalized spacial score (nSPS) is 10.4. The number of aliphatic hydroxyl groups is 2. The van der Waals surface area contributed by atoms with Gasteiger partial charge in [0, 0.05) is 0 Å². The van der Waals surface area contributed by atoms with Gasteiger partial charge < -0.3 is 26.0 Å². The van der Waals surface area contributed by atoms with Gasteiger partial charge in [-0.2, -0.15) is 4.98 Å². The number of nitrogens with zero attached hydrogens (tertiary/aromatic N) is 1. The Hall–Kier alpha value is -1.53. The molecular formula is C9H15N3O3. The SMILES string of the molecule is COc1nc(NC(CO)CO)ccc1N. The lowest BCUT2D eigenvalue weighted by atomic mass is 10.3. The summed E-state index contributed by atoms with van der Waals surface area (Å²) in [6, 6.07) is 2.85. The standard InChI is InChI=1S/C9H15N3O3/c1-15-9-7(10)2-3-8(12-9)11-6(4-13)5-14/h2-3,6,13-14H,4-5,10H2,1H3,(H,11,12). The van der Waals surface area contributed by atoms with Crippen LogP contribution in [-0.2, 0) is 0 Å². The van der Waals surface area contributed by atoms with E-state index in [1.807, 2.05) is 0 Å². The molecule has 1 heterocycles. The van der Waals surface area contributed by atoms with E-state index in [9.17, 15) is 0 Å². The molecule has 5 N–H and O–H groups in total. The first-order valence-corrected chi connectivity index (χ1v) is 4.50. The van der Waals surface area contributed by atoms with E-state index < -0.39 is 6.04 Å². The molecule has 1 rings (SSSR count). The van der Waals surface area contributed by atoms with Gasteiger partial charge in [0.2, 0.25) is 5.88 Å². The minimum Gasteiger partial charge on any atom is -0.479 e. The average Bonchev–Trinajstić information content (AvgIpc) is 2.28. The number of ether oxygens (including phenoxy) is 1. The summed E-state index contributed by atoms with van der Waals surface area (Å²) in [4.78, 5) is 4.05. The zero-order valence-electron chi connectivity index (χ0n) is 8.47. The summed E-state index contributed by atoms with van der Waals surface area (Å²) in [6.45, 7) is -0.351. The summed E-state index contributed by atoms with van der Waals surface area (Å²) in [7, 11) is 1.47. The molecule has 15 heavy (non-hydrogen) atoms. The van der Waals surface area contributed by atoms with E-state index in [1.54, 1.807) is 12.1 Å². The Balaban J connectivity index is 2.77. The van der Waals surface area contributed by atoms with Crippen LogP contribution in [0, 0.1) is 0 Å². The van der Waals surface area contributed by atoms with Gasteiger partial charge in [-0.25, -0.2) is 0 Å². The second-order valence-corrected chi connectivity index (χ2v) is 3.00. The molecule has 0 aromatic carbocycles. The third-order valence-electron chi connectivity index (χ3n) is 1.88. The van der Waals surface area contributed by atoms with Crippen molar-refractivity contribution < 1.29 is 14.9 Å². The maximum Gasteiger partial charge on any atom is 0.238 e. The first-order chi connectivity index (χ1) is 7.21. The van der Waals surface area contributed by atoms with E-state index in [0.717, 1.165) is 0 Å². The second-order valence-electron chi connectivity index (χ2n) is 3.00. The van der Waals surface area contributed by atoms with Crippen molar-refractivity contribution in [3.63, 3.8) is 0 Å². The highest BCUT2D eigenvalue weighted by atomic mass is 16.5. The fourth-order valence-corrected chi connectivity index (χ4v) is 1.05. The summed E-state index contributed by atoms with van der Waals surface area (Å²) in [5.41, 5.74) is 6.02. The van der Waals surface area contributed by atoms with Crippen molar-refractivity contribution in [1.29, 1.82) is 0 Å². The van der Waals surface area contributed by atoms with Gasteiger partial charge >= 0.3 is 0 Å². The van der Waals surface area contributed by atoms with E-state index in [1.165, 1.54) is 7.11 Å². The molecule has 0 aliphatic heterocycles. The van der Waals surface area contributed by atoms with Gasteiger partial charge in [-0.1, -0.05) is 0 Å². The predicted octanol–water partition coefficient (Wildman–Crippen LogP) is -0.563. The molecule has 0 unspecified atom stereocenters. The Labute approximate surface area is 87.7 Å². The van der Waals surface area contributed by atoms with Crippen LogP contribution >= 0.6 is 0 Å². The Morgan fingerprint density at radius 3 is 2.67 bits per heavy atom. The number of hydrogen-bond donors (Lipinski definition) is 4. The first-order valence-electron chi connectivity index (χ1n) is 4.50. The Kier molecular flexibility index (Phi) is 4.14. The highest BCUT2D eigenvalue weighted by molar-refractivity contribution is 5.53. The largest absolute Gasteiger partial charge is 0.479 e. The van der Waals surface area contributed by atoms with Gasteiger partial charge in [0.25, 0.3) is 0 Å². The van der Waals surface area contributed by atoms with Gasteiger partial charge in [0.15, 0.2) is 0 Å². The maximum absolute atomic E-state index is 8.86. The van der Waals surface area contributed by atoms with Crippen LogP contribution in [0.1, 0.15) is 0 Å². The minimum atomic E-state index is -0.439. The summed E-state index contributed by atoms with van der Waals surface area (Å²) in [5.74, 6) is 0.809.